The molecule has 0 atom stereocenters. The molecule has 0 aliphatic heterocycles. The molecule has 0 radical (unpaired) electrons. The third-order valence-corrected chi connectivity index (χ3v) is 4.44. The highest BCUT2D eigenvalue weighted by molar-refractivity contribution is 9.10. The molecule has 1 aromatic heterocycles. The highest BCUT2D eigenvalue weighted by atomic mass is 79.9. The van der Waals surface area contributed by atoms with Gasteiger partial charge in [-0.2, -0.15) is 0 Å². The lowest BCUT2D eigenvalue weighted by Crippen LogP contribution is -2.07. The molecule has 0 spiro atoms. The van der Waals surface area contributed by atoms with Crippen molar-refractivity contribution in [1.29, 1.82) is 0 Å². The van der Waals surface area contributed by atoms with Crippen LogP contribution in [-0.4, -0.2) is 9.55 Å². The minimum absolute atomic E-state index is 0.272. The van der Waals surface area contributed by atoms with Crippen molar-refractivity contribution in [3.05, 3.63) is 69.5 Å². The van der Waals surface area contributed by atoms with Crippen LogP contribution < -0.4 is 5.32 Å². The van der Waals surface area contributed by atoms with Crippen LogP contribution in [0.15, 0.2) is 53.1 Å². The Morgan fingerprint density at radius 2 is 2.04 bits per heavy atom. The van der Waals surface area contributed by atoms with Crippen molar-refractivity contribution in [2.24, 2.45) is 7.05 Å². The summed E-state index contributed by atoms with van der Waals surface area (Å²) in [6, 6.07) is 12.6. The molecule has 3 nitrogen and oxygen atoms in total. The second kappa shape index (κ2) is 6.72. The van der Waals surface area contributed by atoms with Gasteiger partial charge in [0.1, 0.15) is 5.82 Å². The molecule has 1 heterocycles. The number of nitrogens with one attached hydrogen (secondary N) is 1. The van der Waals surface area contributed by atoms with Crippen molar-refractivity contribution in [1.82, 2.24) is 9.55 Å². The van der Waals surface area contributed by atoms with Crippen LogP contribution in [0.1, 0.15) is 5.56 Å². The lowest BCUT2D eigenvalue weighted by atomic mass is 10.2. The zero-order valence-electron chi connectivity index (χ0n) is 12.4. The Balaban J connectivity index is 1.83. The summed E-state index contributed by atoms with van der Waals surface area (Å²) < 4.78 is 16.7. The van der Waals surface area contributed by atoms with Gasteiger partial charge in [-0.25, -0.2) is 9.37 Å². The Labute approximate surface area is 147 Å². The number of anilines is 1. The fourth-order valence-electron chi connectivity index (χ4n) is 2.36. The van der Waals surface area contributed by atoms with Crippen molar-refractivity contribution < 1.29 is 4.39 Å². The monoisotopic (exact) mass is 393 g/mol. The first-order valence-electron chi connectivity index (χ1n) is 7.00. The molecule has 118 valence electrons. The second-order valence-electron chi connectivity index (χ2n) is 5.09. The molecule has 0 unspecified atom stereocenters. The van der Waals surface area contributed by atoms with Crippen LogP contribution in [-0.2, 0) is 13.6 Å². The van der Waals surface area contributed by atoms with E-state index in [-0.39, 0.29) is 12.4 Å². The summed E-state index contributed by atoms with van der Waals surface area (Å²) in [5.41, 5.74) is 2.45. The first-order valence-corrected chi connectivity index (χ1v) is 8.18. The summed E-state index contributed by atoms with van der Waals surface area (Å²) in [5, 5.41) is 3.53. The van der Waals surface area contributed by atoms with E-state index in [1.807, 2.05) is 35.9 Å². The molecule has 0 amide bonds. The van der Waals surface area contributed by atoms with Crippen molar-refractivity contribution in [2.45, 2.75) is 6.54 Å². The lowest BCUT2D eigenvalue weighted by Gasteiger charge is -2.10. The van der Waals surface area contributed by atoms with Crippen LogP contribution in [0.3, 0.4) is 0 Å². The maximum absolute atomic E-state index is 13.8. The van der Waals surface area contributed by atoms with E-state index in [2.05, 4.69) is 26.2 Å². The fourth-order valence-corrected chi connectivity index (χ4v) is 2.99. The van der Waals surface area contributed by atoms with Crippen molar-refractivity contribution in [3.63, 3.8) is 0 Å². The highest BCUT2D eigenvalue weighted by Gasteiger charge is 2.11. The number of imidazole rings is 1. The Morgan fingerprint density at radius 3 is 2.78 bits per heavy atom. The van der Waals surface area contributed by atoms with E-state index in [0.717, 1.165) is 15.7 Å². The van der Waals surface area contributed by atoms with Crippen LogP contribution in [0.2, 0.25) is 5.02 Å². The SMILES string of the molecule is Cn1c(-c2cccc(Br)c2)cnc1NCc1c(F)cccc1Cl. The van der Waals surface area contributed by atoms with Gasteiger partial charge in [-0.1, -0.05) is 45.7 Å². The van der Waals surface area contributed by atoms with Crippen molar-refractivity contribution in [2.75, 3.05) is 5.32 Å². The third-order valence-electron chi connectivity index (χ3n) is 3.59. The van der Waals surface area contributed by atoms with E-state index < -0.39 is 0 Å². The number of rotatable bonds is 4. The first kappa shape index (κ1) is 16.0. The molecule has 0 aliphatic carbocycles. The topological polar surface area (TPSA) is 29.9 Å². The van der Waals surface area contributed by atoms with Gasteiger partial charge >= 0.3 is 0 Å². The van der Waals surface area contributed by atoms with Crippen molar-refractivity contribution in [3.8, 4) is 11.3 Å². The summed E-state index contributed by atoms with van der Waals surface area (Å²) in [5.74, 6) is 0.325. The number of halogens is 3. The molecule has 0 bridgehead atoms. The van der Waals surface area contributed by atoms with E-state index in [1.165, 1.54) is 6.07 Å². The minimum atomic E-state index is -0.327. The van der Waals surface area contributed by atoms with Gasteiger partial charge < -0.3 is 9.88 Å². The van der Waals surface area contributed by atoms with Gasteiger partial charge in [0, 0.05) is 34.2 Å². The van der Waals surface area contributed by atoms with Crippen molar-refractivity contribution >= 4 is 33.5 Å². The largest absolute Gasteiger partial charge is 0.351 e. The lowest BCUT2D eigenvalue weighted by molar-refractivity contribution is 0.612. The molecule has 2 aromatic carbocycles. The normalized spacial score (nSPS) is 10.8. The standard InChI is InChI=1S/C17H14BrClFN3/c1-23-16(11-4-2-5-12(18)8-11)10-22-17(23)21-9-13-14(19)6-3-7-15(13)20/h2-8,10H,9H2,1H3,(H,21,22). The molecule has 23 heavy (non-hydrogen) atoms. The third kappa shape index (κ3) is 3.41. The van der Waals surface area contributed by atoms with Gasteiger partial charge in [0.2, 0.25) is 5.95 Å². The highest BCUT2D eigenvalue weighted by Crippen LogP contribution is 2.25. The van der Waals surface area contributed by atoms with E-state index in [1.54, 1.807) is 18.3 Å². The van der Waals surface area contributed by atoms with Gasteiger partial charge in [-0.15, -0.1) is 0 Å². The van der Waals surface area contributed by atoms with Gasteiger partial charge in [-0.05, 0) is 24.3 Å². The molecular formula is C17H14BrClFN3. The quantitative estimate of drug-likeness (QED) is 0.654. The molecule has 0 fully saturated rings. The predicted molar refractivity (Wildman–Crippen MR) is 95.1 cm³/mol. The molecule has 0 saturated carbocycles. The number of hydrogen-bond donors (Lipinski definition) is 1. The Kier molecular flexibility index (Phi) is 4.68. The molecule has 3 aromatic rings. The minimum Gasteiger partial charge on any atom is -0.351 e. The van der Waals surface area contributed by atoms with E-state index in [4.69, 9.17) is 11.6 Å². The summed E-state index contributed by atoms with van der Waals surface area (Å²) >= 11 is 9.51. The van der Waals surface area contributed by atoms with Gasteiger partial charge in [0.25, 0.3) is 0 Å². The molecular weight excluding hydrogens is 381 g/mol. The molecule has 1 N–H and O–H groups in total. The summed E-state index contributed by atoms with van der Waals surface area (Å²) in [6.45, 7) is 0.272. The maximum Gasteiger partial charge on any atom is 0.203 e. The van der Waals surface area contributed by atoms with Gasteiger partial charge in [0.15, 0.2) is 0 Å². The van der Waals surface area contributed by atoms with E-state index >= 15 is 0 Å². The van der Waals surface area contributed by atoms with Crippen LogP contribution in [0.5, 0.6) is 0 Å². The smallest absolute Gasteiger partial charge is 0.203 e. The fraction of sp³-hybridized carbons (Fsp3) is 0.118. The summed E-state index contributed by atoms with van der Waals surface area (Å²) in [7, 11) is 1.91. The number of hydrogen-bond acceptors (Lipinski definition) is 2. The Hall–Kier alpha value is -1.85. The number of benzene rings is 2. The number of nitrogens with zero attached hydrogens (tertiary/aromatic N) is 2. The van der Waals surface area contributed by atoms with E-state index in [9.17, 15) is 4.39 Å². The van der Waals surface area contributed by atoms with Gasteiger partial charge in [0.05, 0.1) is 11.9 Å². The molecule has 0 saturated heterocycles. The zero-order chi connectivity index (χ0) is 16.4. The van der Waals surface area contributed by atoms with E-state index in [0.29, 0.717) is 16.5 Å². The van der Waals surface area contributed by atoms with Crippen LogP contribution in [0, 0.1) is 5.82 Å². The first-order chi connectivity index (χ1) is 11.1. The molecule has 3 rings (SSSR count). The predicted octanol–water partition coefficient (Wildman–Crippen LogP) is 5.25. The van der Waals surface area contributed by atoms with Crippen LogP contribution in [0.4, 0.5) is 10.3 Å². The second-order valence-corrected chi connectivity index (χ2v) is 6.41. The zero-order valence-corrected chi connectivity index (χ0v) is 14.7. The maximum atomic E-state index is 13.8. The number of aromatic nitrogens is 2. The molecule has 6 heteroatoms. The average Bonchev–Trinajstić information content (AvgIpc) is 2.88. The summed E-state index contributed by atoms with van der Waals surface area (Å²) in [4.78, 5) is 4.37. The van der Waals surface area contributed by atoms with Crippen LogP contribution >= 0.6 is 27.5 Å². The molecule has 0 aliphatic rings. The Morgan fingerprint density at radius 1 is 1.26 bits per heavy atom. The van der Waals surface area contributed by atoms with Crippen LogP contribution in [0.25, 0.3) is 11.3 Å². The summed E-state index contributed by atoms with van der Waals surface area (Å²) in [6.07, 6.45) is 1.78. The Bertz CT molecular complexity index is 827. The average molecular weight is 395 g/mol. The van der Waals surface area contributed by atoms with Gasteiger partial charge in [-0.3, -0.25) is 0 Å².